The molecule has 0 heterocycles. The van der Waals surface area contributed by atoms with E-state index >= 15 is 0 Å². The van der Waals surface area contributed by atoms with Crippen molar-refractivity contribution < 1.29 is 19.1 Å². The molecule has 0 saturated heterocycles. The number of unbranched alkanes of at least 4 members (excludes halogenated alkanes) is 5. The number of methoxy groups -OCH3 is 2. The van der Waals surface area contributed by atoms with E-state index < -0.39 is 0 Å². The molecule has 2 N–H and O–H groups in total. The Hall–Kier alpha value is -3.68. The van der Waals surface area contributed by atoms with Gasteiger partial charge in [0.2, 0.25) is 11.8 Å². The second-order valence-corrected chi connectivity index (χ2v) is 7.75. The van der Waals surface area contributed by atoms with Gasteiger partial charge in [-0.2, -0.15) is 10.2 Å². The number of ether oxygens (including phenoxy) is 2. The van der Waals surface area contributed by atoms with Crippen LogP contribution >= 0.6 is 0 Å². The lowest BCUT2D eigenvalue weighted by Gasteiger charge is -2.03. The minimum absolute atomic E-state index is 0.0865. The minimum atomic E-state index is -0.0865. The molecule has 182 valence electrons. The van der Waals surface area contributed by atoms with Gasteiger partial charge in [-0.05, 0) is 72.5 Å². The number of nitrogens with one attached hydrogen (secondary N) is 2. The van der Waals surface area contributed by atoms with Gasteiger partial charge < -0.3 is 9.47 Å². The monoisotopic (exact) mass is 466 g/mol. The van der Waals surface area contributed by atoms with Gasteiger partial charge in [0, 0.05) is 12.8 Å². The summed E-state index contributed by atoms with van der Waals surface area (Å²) >= 11 is 0. The summed E-state index contributed by atoms with van der Waals surface area (Å²) in [6, 6.07) is 14.8. The molecule has 0 unspecified atom stereocenters. The molecule has 2 aromatic rings. The average Bonchev–Trinajstić information content (AvgIpc) is 2.86. The molecule has 8 heteroatoms. The molecule has 0 aliphatic rings. The Labute approximate surface area is 201 Å². The molecule has 0 bridgehead atoms. The van der Waals surface area contributed by atoms with Gasteiger partial charge >= 0.3 is 0 Å². The summed E-state index contributed by atoms with van der Waals surface area (Å²) in [4.78, 5) is 23.7. The van der Waals surface area contributed by atoms with Crippen LogP contribution in [0.25, 0.3) is 0 Å². The molecular weight excluding hydrogens is 432 g/mol. The molecule has 8 nitrogen and oxygen atoms in total. The first-order valence-electron chi connectivity index (χ1n) is 11.5. The van der Waals surface area contributed by atoms with E-state index in [1.54, 1.807) is 26.6 Å². The summed E-state index contributed by atoms with van der Waals surface area (Å²) in [6.07, 6.45) is 9.81. The van der Waals surface area contributed by atoms with E-state index in [0.29, 0.717) is 12.8 Å². The first-order valence-corrected chi connectivity index (χ1v) is 11.5. The van der Waals surface area contributed by atoms with Crippen LogP contribution in [0.2, 0.25) is 0 Å². The number of carbonyl (C=O) groups is 2. The van der Waals surface area contributed by atoms with Crippen molar-refractivity contribution >= 4 is 24.2 Å². The van der Waals surface area contributed by atoms with Gasteiger partial charge in [0.25, 0.3) is 0 Å². The smallest absolute Gasteiger partial charge is 0.240 e. The van der Waals surface area contributed by atoms with Gasteiger partial charge in [-0.3, -0.25) is 9.59 Å². The third-order valence-corrected chi connectivity index (χ3v) is 5.10. The highest BCUT2D eigenvalue weighted by atomic mass is 16.5. The molecule has 2 rings (SSSR count). The predicted octanol–water partition coefficient (Wildman–Crippen LogP) is 4.43. The number of carbonyl (C=O) groups excluding carboxylic acids is 2. The molecule has 0 saturated carbocycles. The molecule has 0 fully saturated rings. The molecule has 2 amide bonds. The van der Waals surface area contributed by atoms with Crippen molar-refractivity contribution in [1.82, 2.24) is 10.9 Å². The van der Waals surface area contributed by atoms with Gasteiger partial charge in [-0.25, -0.2) is 10.9 Å². The molecule has 0 radical (unpaired) electrons. The van der Waals surface area contributed by atoms with Crippen molar-refractivity contribution in [1.29, 1.82) is 0 Å². The molecular formula is C26H34N4O4. The van der Waals surface area contributed by atoms with Crippen LogP contribution in [0.4, 0.5) is 0 Å². The molecule has 0 aliphatic carbocycles. The van der Waals surface area contributed by atoms with E-state index in [0.717, 1.165) is 61.2 Å². The zero-order chi connectivity index (χ0) is 24.4. The van der Waals surface area contributed by atoms with Crippen molar-refractivity contribution in [3.8, 4) is 11.5 Å². The zero-order valence-corrected chi connectivity index (χ0v) is 20.0. The van der Waals surface area contributed by atoms with E-state index in [9.17, 15) is 9.59 Å². The van der Waals surface area contributed by atoms with Crippen LogP contribution in [0.1, 0.15) is 62.5 Å². The fourth-order valence-electron chi connectivity index (χ4n) is 3.13. The van der Waals surface area contributed by atoms with Crippen molar-refractivity contribution in [3.63, 3.8) is 0 Å². The lowest BCUT2D eigenvalue weighted by molar-refractivity contribution is -0.122. The highest BCUT2D eigenvalue weighted by molar-refractivity contribution is 5.83. The Kier molecular flexibility index (Phi) is 12.5. The van der Waals surface area contributed by atoms with Crippen LogP contribution < -0.4 is 20.3 Å². The summed E-state index contributed by atoms with van der Waals surface area (Å²) in [6.45, 7) is 0. The fraction of sp³-hybridized carbons (Fsp3) is 0.385. The highest BCUT2D eigenvalue weighted by Crippen LogP contribution is 2.11. The van der Waals surface area contributed by atoms with Crippen LogP contribution in [0.3, 0.4) is 0 Å². The average molecular weight is 467 g/mol. The lowest BCUT2D eigenvalue weighted by atomic mass is 10.1. The van der Waals surface area contributed by atoms with E-state index in [-0.39, 0.29) is 11.8 Å². The van der Waals surface area contributed by atoms with Crippen molar-refractivity contribution in [2.24, 2.45) is 10.2 Å². The van der Waals surface area contributed by atoms with Gasteiger partial charge in [0.1, 0.15) is 11.5 Å². The number of amides is 2. The van der Waals surface area contributed by atoms with E-state index in [1.165, 1.54) is 0 Å². The minimum Gasteiger partial charge on any atom is -0.497 e. The SMILES string of the molecule is COc1ccc(C=NNC(=O)CCCCCCCCC(=O)NN=Cc2ccc(OC)cc2)cc1. The van der Waals surface area contributed by atoms with Crippen LogP contribution in [0, 0.1) is 0 Å². The van der Waals surface area contributed by atoms with Crippen LogP contribution in [0.15, 0.2) is 58.7 Å². The summed E-state index contributed by atoms with van der Waals surface area (Å²) in [7, 11) is 3.23. The van der Waals surface area contributed by atoms with E-state index in [2.05, 4.69) is 21.1 Å². The van der Waals surface area contributed by atoms with Crippen LogP contribution in [-0.2, 0) is 9.59 Å². The number of hydrogen-bond donors (Lipinski definition) is 2. The Bertz CT molecular complexity index is 847. The maximum atomic E-state index is 11.8. The Balaban J connectivity index is 1.44. The maximum absolute atomic E-state index is 11.8. The molecule has 2 aromatic carbocycles. The van der Waals surface area contributed by atoms with E-state index in [1.807, 2.05) is 48.5 Å². The maximum Gasteiger partial charge on any atom is 0.240 e. The third kappa shape index (κ3) is 11.3. The Morgan fingerprint density at radius 1 is 0.647 bits per heavy atom. The number of hydrazone groups is 2. The van der Waals surface area contributed by atoms with Gasteiger partial charge in [0.15, 0.2) is 0 Å². The second-order valence-electron chi connectivity index (χ2n) is 7.75. The predicted molar refractivity (Wildman–Crippen MR) is 134 cm³/mol. The second kappa shape index (κ2) is 16.0. The fourth-order valence-corrected chi connectivity index (χ4v) is 3.13. The molecule has 34 heavy (non-hydrogen) atoms. The number of nitrogens with zero attached hydrogens (tertiary/aromatic N) is 2. The summed E-state index contributed by atoms with van der Waals surface area (Å²) in [5, 5.41) is 7.96. The van der Waals surface area contributed by atoms with Gasteiger partial charge in [0.05, 0.1) is 26.6 Å². The number of rotatable bonds is 15. The third-order valence-electron chi connectivity index (χ3n) is 5.10. The Morgan fingerprint density at radius 2 is 1.00 bits per heavy atom. The first-order chi connectivity index (χ1) is 16.6. The number of hydrogen-bond acceptors (Lipinski definition) is 6. The Morgan fingerprint density at radius 3 is 1.35 bits per heavy atom. The topological polar surface area (TPSA) is 101 Å². The highest BCUT2D eigenvalue weighted by Gasteiger charge is 2.01. The van der Waals surface area contributed by atoms with Crippen LogP contribution in [0.5, 0.6) is 11.5 Å². The molecule has 0 aliphatic heterocycles. The largest absolute Gasteiger partial charge is 0.497 e. The normalized spacial score (nSPS) is 11.0. The molecule has 0 aromatic heterocycles. The van der Waals surface area contributed by atoms with Crippen LogP contribution in [-0.4, -0.2) is 38.5 Å². The van der Waals surface area contributed by atoms with E-state index in [4.69, 9.17) is 9.47 Å². The number of benzene rings is 2. The quantitative estimate of drug-likeness (QED) is 0.230. The lowest BCUT2D eigenvalue weighted by Crippen LogP contribution is -2.17. The van der Waals surface area contributed by atoms with Crippen molar-refractivity contribution in [2.75, 3.05) is 14.2 Å². The van der Waals surface area contributed by atoms with Crippen molar-refractivity contribution in [2.45, 2.75) is 51.4 Å². The zero-order valence-electron chi connectivity index (χ0n) is 20.0. The standard InChI is InChI=1S/C26H34N4O4/c1-33-23-15-11-21(12-16-23)19-27-29-25(31)9-7-5-3-4-6-8-10-26(32)30-28-20-22-13-17-24(34-2)18-14-22/h11-20H,3-10H2,1-2H3,(H,29,31)(H,30,32). The summed E-state index contributed by atoms with van der Waals surface area (Å²) < 4.78 is 10.2. The first kappa shape index (κ1) is 26.6. The summed E-state index contributed by atoms with van der Waals surface area (Å²) in [5.74, 6) is 1.38. The van der Waals surface area contributed by atoms with Gasteiger partial charge in [-0.1, -0.05) is 25.7 Å². The molecule has 0 atom stereocenters. The van der Waals surface area contributed by atoms with Crippen molar-refractivity contribution in [3.05, 3.63) is 59.7 Å². The van der Waals surface area contributed by atoms with Gasteiger partial charge in [-0.15, -0.1) is 0 Å². The summed E-state index contributed by atoms with van der Waals surface area (Å²) in [5.41, 5.74) is 6.88. The molecule has 0 spiro atoms.